The van der Waals surface area contributed by atoms with Crippen LogP contribution in [0.15, 0.2) is 48.5 Å². The molecule has 0 aliphatic carbocycles. The van der Waals surface area contributed by atoms with E-state index in [0.29, 0.717) is 11.4 Å². The van der Waals surface area contributed by atoms with Crippen molar-refractivity contribution in [2.45, 2.75) is 18.9 Å². The molecule has 2 rings (SSSR count). The van der Waals surface area contributed by atoms with Crippen molar-refractivity contribution in [3.8, 4) is 5.75 Å². The van der Waals surface area contributed by atoms with Crippen LogP contribution in [-0.2, 0) is 12.0 Å². The van der Waals surface area contributed by atoms with Gasteiger partial charge in [-0.05, 0) is 42.3 Å². The smallest absolute Gasteiger partial charge is 0.115 e. The molecule has 3 heteroatoms. The molecule has 0 amide bonds. The summed E-state index contributed by atoms with van der Waals surface area (Å²) < 4.78 is 0. The summed E-state index contributed by atoms with van der Waals surface area (Å²) in [5, 5.41) is 20.4. The monoisotopic (exact) mass is 262 g/mol. The summed E-state index contributed by atoms with van der Waals surface area (Å²) in [7, 11) is 0. The predicted octanol–water partition coefficient (Wildman–Crippen LogP) is 3.50. The molecule has 2 N–H and O–H groups in total. The zero-order valence-corrected chi connectivity index (χ0v) is 10.9. The molecule has 0 aromatic heterocycles. The molecule has 0 saturated heterocycles. The van der Waals surface area contributed by atoms with Gasteiger partial charge in [-0.3, -0.25) is 0 Å². The van der Waals surface area contributed by atoms with Crippen molar-refractivity contribution < 1.29 is 10.2 Å². The number of hydrogen-bond donors (Lipinski definition) is 2. The van der Waals surface area contributed by atoms with E-state index in [4.69, 9.17) is 11.6 Å². The third kappa shape index (κ3) is 3.03. The maximum atomic E-state index is 10.5. The Hall–Kier alpha value is -1.51. The molecule has 0 spiro atoms. The fraction of sp³-hybridized carbons (Fsp3) is 0.200. The van der Waals surface area contributed by atoms with Gasteiger partial charge >= 0.3 is 0 Å². The van der Waals surface area contributed by atoms with Crippen molar-refractivity contribution >= 4 is 11.6 Å². The van der Waals surface area contributed by atoms with E-state index in [1.54, 1.807) is 31.2 Å². The van der Waals surface area contributed by atoms with Gasteiger partial charge in [0.15, 0.2) is 0 Å². The molecular weight excluding hydrogens is 248 g/mol. The zero-order valence-electron chi connectivity index (χ0n) is 10.1. The number of phenolic OH excluding ortho intramolecular Hbond substituents is 1. The largest absolute Gasteiger partial charge is 0.508 e. The normalized spacial score (nSPS) is 14.2. The molecule has 1 atom stereocenters. The van der Waals surface area contributed by atoms with E-state index in [9.17, 15) is 10.2 Å². The lowest BCUT2D eigenvalue weighted by Gasteiger charge is -2.24. The summed E-state index contributed by atoms with van der Waals surface area (Å²) in [5.74, 6) is 0.195. The Bertz CT molecular complexity index is 515. The summed E-state index contributed by atoms with van der Waals surface area (Å²) in [6.07, 6.45) is 0.495. The van der Waals surface area contributed by atoms with Gasteiger partial charge in [0.05, 0.1) is 5.60 Å². The first kappa shape index (κ1) is 12.9. The molecule has 18 heavy (non-hydrogen) atoms. The highest BCUT2D eigenvalue weighted by molar-refractivity contribution is 6.30. The highest BCUT2D eigenvalue weighted by Crippen LogP contribution is 2.27. The van der Waals surface area contributed by atoms with E-state index in [2.05, 4.69) is 0 Å². The van der Waals surface area contributed by atoms with Crippen LogP contribution in [0.2, 0.25) is 5.02 Å². The summed E-state index contributed by atoms with van der Waals surface area (Å²) in [4.78, 5) is 0. The Labute approximate surface area is 111 Å². The minimum atomic E-state index is -0.971. The highest BCUT2D eigenvalue weighted by atomic mass is 35.5. The second-order valence-electron chi connectivity index (χ2n) is 4.62. The van der Waals surface area contributed by atoms with Gasteiger partial charge in [-0.15, -0.1) is 0 Å². The second kappa shape index (κ2) is 5.01. The van der Waals surface area contributed by atoms with Crippen molar-refractivity contribution in [1.82, 2.24) is 0 Å². The molecule has 2 aromatic carbocycles. The number of benzene rings is 2. The topological polar surface area (TPSA) is 40.5 Å². The van der Waals surface area contributed by atoms with Crippen LogP contribution < -0.4 is 0 Å². The minimum absolute atomic E-state index is 0.195. The van der Waals surface area contributed by atoms with E-state index >= 15 is 0 Å². The van der Waals surface area contributed by atoms with Crippen LogP contribution in [0.25, 0.3) is 0 Å². The number of aliphatic hydroxyl groups is 1. The van der Waals surface area contributed by atoms with Crippen LogP contribution in [0, 0.1) is 0 Å². The van der Waals surface area contributed by atoms with Crippen LogP contribution >= 0.6 is 11.6 Å². The third-order valence-electron chi connectivity index (χ3n) is 2.95. The number of phenols is 1. The molecule has 0 radical (unpaired) electrons. The molecule has 0 aliphatic rings. The molecule has 0 aliphatic heterocycles. The van der Waals surface area contributed by atoms with Crippen molar-refractivity contribution in [2.24, 2.45) is 0 Å². The Morgan fingerprint density at radius 1 is 1.00 bits per heavy atom. The van der Waals surface area contributed by atoms with Crippen molar-refractivity contribution in [3.63, 3.8) is 0 Å². The van der Waals surface area contributed by atoms with Crippen molar-refractivity contribution in [1.29, 1.82) is 0 Å². The number of rotatable bonds is 3. The van der Waals surface area contributed by atoms with E-state index < -0.39 is 5.60 Å². The van der Waals surface area contributed by atoms with Crippen LogP contribution in [0.4, 0.5) is 0 Å². The van der Waals surface area contributed by atoms with Gasteiger partial charge in [-0.2, -0.15) is 0 Å². The first-order chi connectivity index (χ1) is 8.47. The van der Waals surface area contributed by atoms with E-state index in [1.807, 2.05) is 24.3 Å². The molecule has 0 heterocycles. The summed E-state index contributed by atoms with van der Waals surface area (Å²) in [5.41, 5.74) is 0.814. The number of halogens is 1. The minimum Gasteiger partial charge on any atom is -0.508 e. The van der Waals surface area contributed by atoms with Crippen molar-refractivity contribution in [2.75, 3.05) is 0 Å². The first-order valence-corrected chi connectivity index (χ1v) is 6.11. The molecule has 0 bridgehead atoms. The molecule has 94 valence electrons. The van der Waals surface area contributed by atoms with E-state index in [0.717, 1.165) is 11.1 Å². The SMILES string of the molecule is CC(O)(Cc1ccc(Cl)cc1)c1ccc(O)cc1. The molecular formula is C15H15ClO2. The summed E-state index contributed by atoms with van der Waals surface area (Å²) in [6, 6.07) is 14.0. The first-order valence-electron chi connectivity index (χ1n) is 5.74. The molecule has 2 aromatic rings. The maximum Gasteiger partial charge on any atom is 0.115 e. The summed E-state index contributed by atoms with van der Waals surface area (Å²) in [6.45, 7) is 1.76. The van der Waals surface area contributed by atoms with E-state index in [-0.39, 0.29) is 5.75 Å². The second-order valence-corrected chi connectivity index (χ2v) is 5.06. The standard InChI is InChI=1S/C15H15ClO2/c1-15(18,12-4-8-14(17)9-5-12)10-11-2-6-13(16)7-3-11/h2-9,17-18H,10H2,1H3. The van der Waals surface area contributed by atoms with Gasteiger partial charge in [0.25, 0.3) is 0 Å². The van der Waals surface area contributed by atoms with Gasteiger partial charge in [0.1, 0.15) is 5.75 Å². The van der Waals surface area contributed by atoms with Crippen LogP contribution in [0.1, 0.15) is 18.1 Å². The number of hydrogen-bond acceptors (Lipinski definition) is 2. The summed E-state index contributed by atoms with van der Waals surface area (Å²) >= 11 is 5.83. The fourth-order valence-corrected chi connectivity index (χ4v) is 2.05. The van der Waals surface area contributed by atoms with Gasteiger partial charge in [0, 0.05) is 11.4 Å². The van der Waals surface area contributed by atoms with E-state index in [1.165, 1.54) is 0 Å². The van der Waals surface area contributed by atoms with Crippen molar-refractivity contribution in [3.05, 3.63) is 64.7 Å². The quantitative estimate of drug-likeness (QED) is 0.889. The Morgan fingerprint density at radius 2 is 1.56 bits per heavy atom. The lowest BCUT2D eigenvalue weighted by atomic mass is 9.89. The molecule has 2 nitrogen and oxygen atoms in total. The molecule has 0 saturated carbocycles. The zero-order chi connectivity index (χ0) is 13.2. The van der Waals surface area contributed by atoms with Crippen LogP contribution in [0.3, 0.4) is 0 Å². The fourth-order valence-electron chi connectivity index (χ4n) is 1.92. The van der Waals surface area contributed by atoms with Crippen LogP contribution in [0.5, 0.6) is 5.75 Å². The van der Waals surface area contributed by atoms with Gasteiger partial charge in [0.2, 0.25) is 0 Å². The van der Waals surface area contributed by atoms with Crippen LogP contribution in [-0.4, -0.2) is 10.2 Å². The van der Waals surface area contributed by atoms with Gasteiger partial charge in [-0.1, -0.05) is 35.9 Å². The molecule has 0 fully saturated rings. The average molecular weight is 263 g/mol. The predicted molar refractivity (Wildman–Crippen MR) is 72.8 cm³/mol. The molecule has 1 unspecified atom stereocenters. The lowest BCUT2D eigenvalue weighted by Crippen LogP contribution is -2.24. The Balaban J connectivity index is 2.20. The number of aromatic hydroxyl groups is 1. The van der Waals surface area contributed by atoms with Gasteiger partial charge < -0.3 is 10.2 Å². The maximum absolute atomic E-state index is 10.5. The lowest BCUT2D eigenvalue weighted by molar-refractivity contribution is 0.0576. The average Bonchev–Trinajstić information content (AvgIpc) is 2.32. The van der Waals surface area contributed by atoms with Gasteiger partial charge in [-0.25, -0.2) is 0 Å². The Morgan fingerprint density at radius 3 is 2.11 bits per heavy atom. The highest BCUT2D eigenvalue weighted by Gasteiger charge is 2.23. The Kier molecular flexibility index (Phi) is 3.60. The third-order valence-corrected chi connectivity index (χ3v) is 3.20.